The normalized spacial score (nSPS) is 12.4. The van der Waals surface area contributed by atoms with Gasteiger partial charge in [0.2, 0.25) is 0 Å². The lowest BCUT2D eigenvalue weighted by molar-refractivity contribution is 0.282. The van der Waals surface area contributed by atoms with Crippen molar-refractivity contribution >= 4 is 19.0 Å². The van der Waals surface area contributed by atoms with E-state index in [0.717, 1.165) is 16.7 Å². The van der Waals surface area contributed by atoms with E-state index >= 15 is 0 Å². The Hall–Kier alpha value is -1.71. The average molecular weight is 318 g/mol. The first-order chi connectivity index (χ1) is 10.6. The van der Waals surface area contributed by atoms with Gasteiger partial charge in [-0.2, -0.15) is 0 Å². The first-order valence-electron chi connectivity index (χ1n) is 6.82. The Morgan fingerprint density at radius 1 is 1.05 bits per heavy atom. The molecule has 116 valence electrons. The van der Waals surface area contributed by atoms with Gasteiger partial charge in [-0.05, 0) is 22.8 Å². The number of hydrogen-bond donors (Lipinski definition) is 1. The van der Waals surface area contributed by atoms with Gasteiger partial charge in [-0.15, -0.1) is 0 Å². The highest BCUT2D eigenvalue weighted by atomic mass is 31.2. The lowest BCUT2D eigenvalue weighted by Crippen LogP contribution is -1.94. The summed E-state index contributed by atoms with van der Waals surface area (Å²) >= 11 is 0. The van der Waals surface area contributed by atoms with Crippen LogP contribution in [0.2, 0.25) is 0 Å². The second-order valence-corrected chi connectivity index (χ2v) is 6.86. The molecule has 4 nitrogen and oxygen atoms in total. The molecule has 22 heavy (non-hydrogen) atoms. The molecule has 0 aromatic heterocycles. The minimum absolute atomic E-state index is 0.0375. The van der Waals surface area contributed by atoms with Crippen LogP contribution in [0.5, 0.6) is 0 Å². The molecular weight excluding hydrogens is 299 g/mol. The number of benzene rings is 2. The lowest BCUT2D eigenvalue weighted by Gasteiger charge is -2.18. The monoisotopic (exact) mass is 318 g/mol. The fourth-order valence-electron chi connectivity index (χ4n) is 2.08. The Morgan fingerprint density at radius 3 is 2.14 bits per heavy atom. The lowest BCUT2D eigenvalue weighted by atomic mass is 10.1. The van der Waals surface area contributed by atoms with E-state index < -0.39 is 7.60 Å². The maximum Gasteiger partial charge on any atom is 0.361 e. The van der Waals surface area contributed by atoms with Crippen LogP contribution in [0.4, 0.5) is 0 Å². The van der Waals surface area contributed by atoms with Gasteiger partial charge in [0.15, 0.2) is 0 Å². The van der Waals surface area contributed by atoms with Crippen molar-refractivity contribution in [3.63, 3.8) is 0 Å². The molecule has 0 heterocycles. The predicted octanol–water partition coefficient (Wildman–Crippen LogP) is 4.16. The number of aliphatic hydroxyl groups excluding tert-OH is 1. The average Bonchev–Trinajstić information content (AvgIpc) is 2.60. The van der Waals surface area contributed by atoms with Crippen molar-refractivity contribution in [2.45, 2.75) is 6.61 Å². The molecule has 0 spiro atoms. The van der Waals surface area contributed by atoms with Crippen LogP contribution >= 0.6 is 7.60 Å². The highest BCUT2D eigenvalue weighted by Gasteiger charge is 2.28. The molecule has 0 radical (unpaired) electrons. The van der Waals surface area contributed by atoms with Crippen LogP contribution in [0, 0.1) is 0 Å². The molecular formula is C17H19O4P. The van der Waals surface area contributed by atoms with Gasteiger partial charge in [-0.1, -0.05) is 54.6 Å². The number of rotatable bonds is 6. The summed E-state index contributed by atoms with van der Waals surface area (Å²) < 4.78 is 23.1. The number of hydrogen-bond acceptors (Lipinski definition) is 4. The van der Waals surface area contributed by atoms with Gasteiger partial charge in [0.05, 0.1) is 11.9 Å². The van der Waals surface area contributed by atoms with Crippen LogP contribution in [0.1, 0.15) is 16.7 Å². The van der Waals surface area contributed by atoms with E-state index in [-0.39, 0.29) is 6.61 Å². The van der Waals surface area contributed by atoms with Gasteiger partial charge in [0.1, 0.15) is 0 Å². The van der Waals surface area contributed by atoms with Crippen LogP contribution < -0.4 is 0 Å². The SMILES string of the molecule is COP(=O)(OC)/C(=C/c1ccccc1)c1ccc(CO)cc1. The van der Waals surface area contributed by atoms with E-state index in [9.17, 15) is 4.57 Å². The quantitative estimate of drug-likeness (QED) is 0.642. The second-order valence-electron chi connectivity index (χ2n) is 4.66. The van der Waals surface area contributed by atoms with Crippen LogP contribution in [-0.2, 0) is 20.2 Å². The Bertz CT molecular complexity index is 670. The minimum atomic E-state index is -3.40. The van der Waals surface area contributed by atoms with Crippen LogP contribution in [0.25, 0.3) is 11.4 Å². The summed E-state index contributed by atoms with van der Waals surface area (Å²) in [6.07, 6.45) is 1.79. The third-order valence-corrected chi connectivity index (χ3v) is 5.25. The zero-order chi connectivity index (χ0) is 16.0. The Labute approximate surface area is 130 Å². The van der Waals surface area contributed by atoms with Crippen LogP contribution in [0.15, 0.2) is 54.6 Å². The van der Waals surface area contributed by atoms with E-state index in [2.05, 4.69) is 0 Å². The van der Waals surface area contributed by atoms with Gasteiger partial charge in [0, 0.05) is 14.2 Å². The summed E-state index contributed by atoms with van der Waals surface area (Å²) in [5, 5.41) is 9.62. The summed E-state index contributed by atoms with van der Waals surface area (Å²) in [7, 11) is -0.671. The molecule has 0 aliphatic heterocycles. The smallest absolute Gasteiger partial charge is 0.361 e. The molecule has 1 N–H and O–H groups in total. The molecule has 0 amide bonds. The topological polar surface area (TPSA) is 55.8 Å². The standard InChI is InChI=1S/C17H19O4P/c1-20-22(19,21-2)17(12-14-6-4-3-5-7-14)16-10-8-15(13-18)9-11-16/h3-12,18H,13H2,1-2H3/b17-12+. The molecule has 0 unspecified atom stereocenters. The molecule has 2 aromatic rings. The fourth-order valence-corrected chi connectivity index (χ4v) is 3.39. The van der Waals surface area contributed by atoms with E-state index in [4.69, 9.17) is 14.2 Å². The highest BCUT2D eigenvalue weighted by Crippen LogP contribution is 2.59. The summed E-state index contributed by atoms with van der Waals surface area (Å²) in [6, 6.07) is 16.7. The Kier molecular flexibility index (Phi) is 5.69. The largest absolute Gasteiger partial charge is 0.392 e. The van der Waals surface area contributed by atoms with Crippen molar-refractivity contribution < 1.29 is 18.7 Å². The first kappa shape index (κ1) is 16.7. The molecule has 0 aliphatic rings. The van der Waals surface area contributed by atoms with Crippen LogP contribution in [-0.4, -0.2) is 19.3 Å². The molecule has 0 saturated carbocycles. The molecule has 2 rings (SSSR count). The van der Waals surface area contributed by atoms with Crippen molar-refractivity contribution in [3.05, 3.63) is 71.3 Å². The predicted molar refractivity (Wildman–Crippen MR) is 88.3 cm³/mol. The van der Waals surface area contributed by atoms with Gasteiger partial charge >= 0.3 is 7.60 Å². The zero-order valence-electron chi connectivity index (χ0n) is 12.6. The van der Waals surface area contributed by atoms with Crippen molar-refractivity contribution in [1.82, 2.24) is 0 Å². The van der Waals surface area contributed by atoms with E-state index in [1.54, 1.807) is 30.3 Å². The third kappa shape index (κ3) is 3.73. The van der Waals surface area contributed by atoms with E-state index in [0.29, 0.717) is 5.31 Å². The van der Waals surface area contributed by atoms with Gasteiger partial charge < -0.3 is 14.2 Å². The van der Waals surface area contributed by atoms with Gasteiger partial charge in [0.25, 0.3) is 0 Å². The molecule has 0 fully saturated rings. The van der Waals surface area contributed by atoms with Crippen molar-refractivity contribution in [1.29, 1.82) is 0 Å². The molecule has 2 aromatic carbocycles. The minimum Gasteiger partial charge on any atom is -0.392 e. The molecule has 5 heteroatoms. The second kappa shape index (κ2) is 7.52. The maximum atomic E-state index is 12.8. The molecule has 0 saturated heterocycles. The summed E-state index contributed by atoms with van der Waals surface area (Å²) in [5.74, 6) is 0. The number of aliphatic hydroxyl groups is 1. The fraction of sp³-hybridized carbons (Fsp3) is 0.176. The summed E-state index contributed by atoms with van der Waals surface area (Å²) in [5.41, 5.74) is 2.42. The maximum absolute atomic E-state index is 12.8. The molecule has 0 atom stereocenters. The molecule has 0 bridgehead atoms. The molecule has 0 aliphatic carbocycles. The van der Waals surface area contributed by atoms with Crippen LogP contribution in [0.3, 0.4) is 0 Å². The summed E-state index contributed by atoms with van der Waals surface area (Å²) in [4.78, 5) is 0. The van der Waals surface area contributed by atoms with Crippen molar-refractivity contribution in [3.8, 4) is 0 Å². The zero-order valence-corrected chi connectivity index (χ0v) is 13.5. The highest BCUT2D eigenvalue weighted by molar-refractivity contribution is 7.65. The Morgan fingerprint density at radius 2 is 1.64 bits per heavy atom. The Balaban J connectivity index is 2.54. The van der Waals surface area contributed by atoms with E-state index in [1.165, 1.54) is 14.2 Å². The van der Waals surface area contributed by atoms with E-state index in [1.807, 2.05) is 30.3 Å². The van der Waals surface area contributed by atoms with Gasteiger partial charge in [-0.3, -0.25) is 4.57 Å². The summed E-state index contributed by atoms with van der Waals surface area (Å²) in [6.45, 7) is -0.0375. The van der Waals surface area contributed by atoms with Gasteiger partial charge in [-0.25, -0.2) is 0 Å². The van der Waals surface area contributed by atoms with Crippen molar-refractivity contribution in [2.75, 3.05) is 14.2 Å². The first-order valence-corrected chi connectivity index (χ1v) is 8.36. The third-order valence-electron chi connectivity index (χ3n) is 3.31. The van der Waals surface area contributed by atoms with Crippen molar-refractivity contribution in [2.24, 2.45) is 0 Å².